The highest BCUT2D eigenvalue weighted by Gasteiger charge is 2.32. The van der Waals surface area contributed by atoms with Crippen molar-refractivity contribution in [3.8, 4) is 0 Å². The van der Waals surface area contributed by atoms with Crippen LogP contribution in [-0.4, -0.2) is 19.6 Å². The number of allylic oxidation sites excluding steroid dienone is 1. The maximum atomic E-state index is 12.7. The molecule has 3 aromatic carbocycles. The molecule has 1 aromatic heterocycles. The van der Waals surface area contributed by atoms with Crippen LogP contribution in [0.3, 0.4) is 0 Å². The van der Waals surface area contributed by atoms with E-state index in [1.165, 1.54) is 161 Å². The fraction of sp³-hybridized carbons (Fsp3) is 0.528. The van der Waals surface area contributed by atoms with Gasteiger partial charge in [0.1, 0.15) is 0 Å². The van der Waals surface area contributed by atoms with Crippen LogP contribution in [0.1, 0.15) is 172 Å². The molecule has 63 heavy (non-hydrogen) atoms. The monoisotopic (exact) mass is 875 g/mol. The predicted octanol–water partition coefficient (Wildman–Crippen LogP) is 11.6. The Morgan fingerprint density at radius 3 is 1.76 bits per heavy atom. The second kappa shape index (κ2) is 18.5. The second-order valence-corrected chi connectivity index (χ2v) is 21.6. The number of rotatable bonds is 10. The van der Waals surface area contributed by atoms with Gasteiger partial charge in [0, 0.05) is 34.3 Å². The van der Waals surface area contributed by atoms with Crippen molar-refractivity contribution in [2.45, 2.75) is 166 Å². The van der Waals surface area contributed by atoms with Crippen molar-refractivity contribution in [3.63, 3.8) is 0 Å². The fourth-order valence-corrected chi connectivity index (χ4v) is 11.6. The molecule has 2 atom stereocenters. The minimum absolute atomic E-state index is 0.297. The van der Waals surface area contributed by atoms with Gasteiger partial charge in [0.05, 0.1) is 11.9 Å². The molecule has 6 aliphatic carbocycles. The molecular formula is C53H70N4O5S. The largest absolute Gasteiger partial charge is 0.451 e. The number of nitrogen functional groups attached to an aromatic ring is 2. The highest BCUT2D eigenvalue weighted by Crippen LogP contribution is 2.46. The number of aryl methyl sites for hydroxylation is 3. The topological polar surface area (TPSA) is 161 Å². The second-order valence-electron chi connectivity index (χ2n) is 20.0. The van der Waals surface area contributed by atoms with E-state index in [4.69, 9.17) is 15.9 Å². The Morgan fingerprint density at radius 2 is 1.24 bits per heavy atom. The molecule has 3 saturated carbocycles. The van der Waals surface area contributed by atoms with Crippen LogP contribution in [0, 0.1) is 17.8 Å². The Kier molecular flexibility index (Phi) is 13.2. The Hall–Kier alpha value is -4.54. The summed E-state index contributed by atoms with van der Waals surface area (Å²) in [5, 5.41) is 12.5. The third-order valence-electron chi connectivity index (χ3n) is 15.7. The lowest BCUT2D eigenvalue weighted by molar-refractivity contribution is 0.0779. The molecule has 3 fully saturated rings. The number of benzene rings is 3. The van der Waals surface area contributed by atoms with Crippen molar-refractivity contribution < 1.29 is 22.7 Å². The smallest absolute Gasteiger partial charge is 0.333 e. The van der Waals surface area contributed by atoms with E-state index >= 15 is 0 Å². The number of hydrogen-bond donors (Lipinski definition) is 5. The number of urea groups is 1. The number of sulfonamides is 1. The maximum Gasteiger partial charge on any atom is 0.333 e. The highest BCUT2D eigenvalue weighted by molar-refractivity contribution is 7.89. The number of fused-ring (bicyclic) bond motifs is 3. The molecule has 10 heteroatoms. The quantitative estimate of drug-likeness (QED) is 0.0991. The van der Waals surface area contributed by atoms with E-state index in [0.29, 0.717) is 29.2 Å². The number of carbonyl (C=O) groups excluding carboxylic acids is 1. The van der Waals surface area contributed by atoms with Crippen LogP contribution >= 0.6 is 0 Å². The molecule has 0 saturated heterocycles. The summed E-state index contributed by atoms with van der Waals surface area (Å²) < 4.78 is 32.4. The van der Waals surface area contributed by atoms with Crippen molar-refractivity contribution in [2.24, 2.45) is 17.8 Å². The molecule has 2 amide bonds. The molecule has 4 aromatic rings. The van der Waals surface area contributed by atoms with Crippen LogP contribution < -0.4 is 21.5 Å². The lowest BCUT2D eigenvalue weighted by Gasteiger charge is -2.33. The molecule has 0 unspecified atom stereocenters. The number of nitrogens with two attached hydrogens (primary N) is 2. The molecule has 6 aliphatic rings. The predicted molar refractivity (Wildman–Crippen MR) is 255 cm³/mol. The van der Waals surface area contributed by atoms with E-state index in [9.17, 15) is 18.3 Å². The number of carbonyl (C=O) groups is 1. The number of anilines is 3. The Morgan fingerprint density at radius 1 is 0.730 bits per heavy atom. The SMILES string of the molecule is C=C(c1ccc2c(c1N)CCC2)C1CCC1.C[C@@H](c1ccc2c(c1N)CCC2)C1CCC1.C[C@@H](c1ccc2c(c1NC(=O)NS(=O)(=O)c1cc(C(C)(C)O)co1)CCC2)C1CCC1. The first-order chi connectivity index (χ1) is 30.1. The standard InChI is InChI=1S/C23H30N2O5S.C15H21N.C15H19N/c1-14(15-6-4-7-15)18-11-10-16-8-5-9-19(16)21(18)24-22(26)25-31(28,29)20-12-17(13-30-20)23(2,3)27;2*1-10(11-4-2-5-11)13-9-8-12-6-3-7-14(12)15(13)16/h10-15,27H,4-9H2,1-3H3,(H2,24,25,26);8-11H,2-7,16H2,1H3;8-9,11H,1-7,16H2/t14-;10-;/m11./s1. The van der Waals surface area contributed by atoms with Crippen molar-refractivity contribution in [3.05, 3.63) is 111 Å². The van der Waals surface area contributed by atoms with Crippen LogP contribution in [0.2, 0.25) is 0 Å². The molecule has 10 rings (SSSR count). The van der Waals surface area contributed by atoms with E-state index in [1.54, 1.807) is 0 Å². The number of hydrogen-bond acceptors (Lipinski definition) is 7. The van der Waals surface area contributed by atoms with Gasteiger partial charge in [-0.2, -0.15) is 8.42 Å². The Balaban J connectivity index is 0.000000142. The third kappa shape index (κ3) is 9.49. The van der Waals surface area contributed by atoms with Gasteiger partial charge in [-0.1, -0.05) is 76.1 Å². The molecule has 7 N–H and O–H groups in total. The average Bonchev–Trinajstić information content (AvgIpc) is 4.00. The summed E-state index contributed by atoms with van der Waals surface area (Å²) in [6.45, 7) is 11.8. The summed E-state index contributed by atoms with van der Waals surface area (Å²) in [7, 11) is -4.22. The van der Waals surface area contributed by atoms with Gasteiger partial charge in [-0.05, 0) is 190 Å². The van der Waals surface area contributed by atoms with Crippen LogP contribution in [0.15, 0.2) is 64.8 Å². The molecule has 9 nitrogen and oxygen atoms in total. The fourth-order valence-electron chi connectivity index (χ4n) is 10.8. The van der Waals surface area contributed by atoms with Crippen LogP contribution in [0.4, 0.5) is 21.9 Å². The molecule has 0 bridgehead atoms. The van der Waals surface area contributed by atoms with Gasteiger partial charge in [-0.25, -0.2) is 9.52 Å². The van der Waals surface area contributed by atoms with Gasteiger partial charge in [0.15, 0.2) is 0 Å². The molecule has 338 valence electrons. The van der Waals surface area contributed by atoms with Gasteiger partial charge in [-0.3, -0.25) is 0 Å². The highest BCUT2D eigenvalue weighted by atomic mass is 32.2. The number of furan rings is 1. The number of aliphatic hydroxyl groups is 1. The first kappa shape index (κ1) is 45.0. The molecule has 0 aliphatic heterocycles. The zero-order chi connectivity index (χ0) is 44.6. The summed E-state index contributed by atoms with van der Waals surface area (Å²) >= 11 is 0. The summed E-state index contributed by atoms with van der Waals surface area (Å²) in [5.74, 6) is 3.14. The minimum Gasteiger partial charge on any atom is -0.451 e. The average molecular weight is 875 g/mol. The first-order valence-electron chi connectivity index (χ1n) is 23.9. The van der Waals surface area contributed by atoms with E-state index in [-0.39, 0.29) is 0 Å². The normalized spacial score (nSPS) is 19.1. The number of nitrogens with one attached hydrogen (secondary N) is 2. The van der Waals surface area contributed by atoms with Crippen molar-refractivity contribution in [2.75, 3.05) is 16.8 Å². The van der Waals surface area contributed by atoms with Gasteiger partial charge in [0.2, 0.25) is 5.09 Å². The van der Waals surface area contributed by atoms with E-state index in [1.807, 2.05) is 4.72 Å². The van der Waals surface area contributed by atoms with E-state index in [2.05, 4.69) is 62.1 Å². The summed E-state index contributed by atoms with van der Waals surface area (Å²) in [6, 6.07) is 13.7. The van der Waals surface area contributed by atoms with Crippen LogP contribution in [0.5, 0.6) is 0 Å². The Bertz CT molecular complexity index is 2450. The Labute approximate surface area is 375 Å². The third-order valence-corrected chi connectivity index (χ3v) is 16.9. The summed E-state index contributed by atoms with van der Waals surface area (Å²) in [4.78, 5) is 12.7. The zero-order valence-corrected chi connectivity index (χ0v) is 38.9. The van der Waals surface area contributed by atoms with Crippen molar-refractivity contribution in [1.29, 1.82) is 0 Å². The number of amides is 2. The zero-order valence-electron chi connectivity index (χ0n) is 38.1. The van der Waals surface area contributed by atoms with Crippen molar-refractivity contribution >= 4 is 38.7 Å². The summed E-state index contributed by atoms with van der Waals surface area (Å²) in [5.41, 5.74) is 27.7. The first-order valence-corrected chi connectivity index (χ1v) is 25.4. The molecule has 1 heterocycles. The van der Waals surface area contributed by atoms with Gasteiger partial charge < -0.3 is 26.3 Å². The molecule has 0 radical (unpaired) electrons. The summed E-state index contributed by atoms with van der Waals surface area (Å²) in [6.07, 6.45) is 23.2. The van der Waals surface area contributed by atoms with Crippen molar-refractivity contribution in [1.82, 2.24) is 4.72 Å². The van der Waals surface area contributed by atoms with E-state index < -0.39 is 26.7 Å². The molecule has 0 spiro atoms. The van der Waals surface area contributed by atoms with E-state index in [0.717, 1.165) is 59.8 Å². The lowest BCUT2D eigenvalue weighted by atomic mass is 9.73. The van der Waals surface area contributed by atoms with Gasteiger partial charge in [-0.15, -0.1) is 0 Å². The maximum absolute atomic E-state index is 12.7. The minimum atomic E-state index is -4.22. The van der Waals surface area contributed by atoms with Crippen LogP contribution in [0.25, 0.3) is 5.57 Å². The van der Waals surface area contributed by atoms with Gasteiger partial charge >= 0.3 is 6.03 Å². The van der Waals surface area contributed by atoms with Gasteiger partial charge in [0.25, 0.3) is 10.0 Å². The van der Waals surface area contributed by atoms with Crippen LogP contribution in [-0.2, 0) is 54.1 Å². The lowest BCUT2D eigenvalue weighted by Crippen LogP contribution is -2.35. The molecular weight excluding hydrogens is 805 g/mol.